The second-order valence-corrected chi connectivity index (χ2v) is 8.36. The minimum Gasteiger partial charge on any atom is -0.444 e. The zero-order valence-electron chi connectivity index (χ0n) is 14.9. The number of hydrogen-bond donors (Lipinski definition) is 1. The molecule has 9 heteroatoms. The number of ether oxygens (including phenoxy) is 1. The first kappa shape index (κ1) is 20.3. The van der Waals surface area contributed by atoms with Crippen LogP contribution in [0.4, 0.5) is 0 Å². The van der Waals surface area contributed by atoms with Gasteiger partial charge in [-0.2, -0.15) is 0 Å². The fourth-order valence-corrected chi connectivity index (χ4v) is 4.09. The first-order valence-electron chi connectivity index (χ1n) is 8.64. The van der Waals surface area contributed by atoms with Crippen molar-refractivity contribution in [3.63, 3.8) is 0 Å². The van der Waals surface area contributed by atoms with Crippen LogP contribution in [0.25, 0.3) is 0 Å². The van der Waals surface area contributed by atoms with Crippen LogP contribution >= 0.6 is 11.6 Å². The summed E-state index contributed by atoms with van der Waals surface area (Å²) in [7, 11) is -4.11. The highest BCUT2D eigenvalue weighted by molar-refractivity contribution is 7.89. The molecule has 1 atom stereocenters. The van der Waals surface area contributed by atoms with E-state index in [4.69, 9.17) is 21.5 Å². The number of carbonyl (C=O) groups is 2. The summed E-state index contributed by atoms with van der Waals surface area (Å²) in [4.78, 5) is 26.8. The monoisotopic (exact) mass is 422 g/mol. The fraction of sp³-hybridized carbons (Fsp3) is 0.263. The number of nitrogens with zero attached hydrogens (tertiary/aromatic N) is 1. The molecule has 0 aliphatic carbocycles. The van der Waals surface area contributed by atoms with Gasteiger partial charge in [-0.25, -0.2) is 18.4 Å². The van der Waals surface area contributed by atoms with E-state index in [0.717, 1.165) is 18.9 Å². The van der Waals surface area contributed by atoms with Crippen molar-refractivity contribution in [1.29, 1.82) is 0 Å². The van der Waals surface area contributed by atoms with Crippen LogP contribution in [0.15, 0.2) is 53.4 Å². The molecule has 0 radical (unpaired) electrons. The van der Waals surface area contributed by atoms with Gasteiger partial charge in [-0.3, -0.25) is 4.79 Å². The lowest BCUT2D eigenvalue weighted by atomic mass is 10.1. The minimum atomic E-state index is -4.11. The van der Waals surface area contributed by atoms with Crippen LogP contribution in [0.3, 0.4) is 0 Å². The number of rotatable bonds is 5. The van der Waals surface area contributed by atoms with Gasteiger partial charge in [0.2, 0.25) is 16.1 Å². The van der Waals surface area contributed by atoms with E-state index < -0.39 is 22.1 Å². The molecular formula is C19H19ClN2O5S. The van der Waals surface area contributed by atoms with Gasteiger partial charge in [0.05, 0.1) is 10.6 Å². The molecule has 1 aliphatic heterocycles. The van der Waals surface area contributed by atoms with Gasteiger partial charge in [0.1, 0.15) is 4.90 Å². The van der Waals surface area contributed by atoms with Crippen molar-refractivity contribution in [2.75, 3.05) is 13.1 Å². The Kier molecular flexibility index (Phi) is 6.02. The van der Waals surface area contributed by atoms with E-state index >= 15 is 0 Å². The molecule has 1 saturated heterocycles. The number of nitrogens with two attached hydrogens (primary N) is 1. The summed E-state index contributed by atoms with van der Waals surface area (Å²) in [5.41, 5.74) is 0.469. The number of halogens is 1. The van der Waals surface area contributed by atoms with Gasteiger partial charge in [0.25, 0.3) is 5.91 Å². The lowest BCUT2D eigenvalue weighted by molar-refractivity contribution is -0.140. The van der Waals surface area contributed by atoms with Crippen LogP contribution in [-0.2, 0) is 19.6 Å². The normalized spacial score (nSPS) is 15.3. The van der Waals surface area contributed by atoms with Crippen molar-refractivity contribution < 1.29 is 22.7 Å². The molecule has 0 aromatic heterocycles. The molecule has 1 fully saturated rings. The van der Waals surface area contributed by atoms with Crippen LogP contribution < -0.4 is 5.14 Å². The zero-order valence-corrected chi connectivity index (χ0v) is 16.4. The molecule has 2 N–H and O–H groups in total. The molecule has 148 valence electrons. The Morgan fingerprint density at radius 2 is 1.71 bits per heavy atom. The van der Waals surface area contributed by atoms with Crippen molar-refractivity contribution in [2.24, 2.45) is 5.14 Å². The molecule has 2 aromatic rings. The van der Waals surface area contributed by atoms with Crippen molar-refractivity contribution in [3.8, 4) is 0 Å². The van der Waals surface area contributed by atoms with Crippen LogP contribution in [0.1, 0.15) is 34.9 Å². The number of esters is 1. The standard InChI is InChI=1S/C19H19ClN2O5S/c20-15-9-8-14(12-16(15)28(21,25)26)19(24)27-17(13-6-2-1-3-7-13)18(23)22-10-4-5-11-22/h1-3,6-9,12,17H,4-5,10-11H2,(H2,21,25,26)/t17-/m0/s1. The highest BCUT2D eigenvalue weighted by atomic mass is 35.5. The summed E-state index contributed by atoms with van der Waals surface area (Å²) >= 11 is 5.85. The van der Waals surface area contributed by atoms with E-state index in [1.54, 1.807) is 35.2 Å². The SMILES string of the molecule is NS(=O)(=O)c1cc(C(=O)O[C@H](C(=O)N2CCCC2)c2ccccc2)ccc1Cl. The molecule has 1 heterocycles. The number of benzene rings is 2. The molecule has 1 amide bonds. The Labute approximate surface area is 168 Å². The molecule has 0 unspecified atom stereocenters. The Balaban J connectivity index is 1.90. The Morgan fingerprint density at radius 1 is 1.07 bits per heavy atom. The maximum Gasteiger partial charge on any atom is 0.339 e. The number of hydrogen-bond acceptors (Lipinski definition) is 5. The summed E-state index contributed by atoms with van der Waals surface area (Å²) in [6.07, 6.45) is 0.673. The van der Waals surface area contributed by atoms with Gasteiger partial charge < -0.3 is 9.64 Å². The highest BCUT2D eigenvalue weighted by Crippen LogP contribution is 2.26. The molecular weight excluding hydrogens is 404 g/mol. The number of likely N-dealkylation sites (tertiary alicyclic amines) is 1. The van der Waals surface area contributed by atoms with E-state index in [-0.39, 0.29) is 21.4 Å². The Morgan fingerprint density at radius 3 is 2.32 bits per heavy atom. The van der Waals surface area contributed by atoms with Crippen LogP contribution in [-0.4, -0.2) is 38.3 Å². The van der Waals surface area contributed by atoms with Crippen LogP contribution in [0.5, 0.6) is 0 Å². The minimum absolute atomic E-state index is 0.0661. The van der Waals surface area contributed by atoms with Gasteiger partial charge in [0, 0.05) is 18.7 Å². The summed E-state index contributed by atoms with van der Waals surface area (Å²) in [5, 5.41) is 5.02. The first-order valence-corrected chi connectivity index (χ1v) is 10.6. The number of amides is 1. The smallest absolute Gasteiger partial charge is 0.339 e. The first-order chi connectivity index (χ1) is 13.3. The lowest BCUT2D eigenvalue weighted by Crippen LogP contribution is -2.34. The summed E-state index contributed by atoms with van der Waals surface area (Å²) < 4.78 is 28.8. The third-order valence-electron chi connectivity index (χ3n) is 4.44. The van der Waals surface area contributed by atoms with Crippen molar-refractivity contribution >= 4 is 33.5 Å². The maximum atomic E-state index is 12.9. The van der Waals surface area contributed by atoms with Crippen molar-refractivity contribution in [1.82, 2.24) is 4.90 Å². The van der Waals surface area contributed by atoms with Gasteiger partial charge in [0.15, 0.2) is 0 Å². The largest absolute Gasteiger partial charge is 0.444 e. The Bertz CT molecular complexity index is 989. The zero-order chi connectivity index (χ0) is 20.3. The molecule has 0 saturated carbocycles. The number of carbonyl (C=O) groups excluding carboxylic acids is 2. The molecule has 1 aliphatic rings. The lowest BCUT2D eigenvalue weighted by Gasteiger charge is -2.23. The summed E-state index contributed by atoms with van der Waals surface area (Å²) in [5.74, 6) is -1.15. The van der Waals surface area contributed by atoms with Crippen LogP contribution in [0.2, 0.25) is 5.02 Å². The maximum absolute atomic E-state index is 12.9. The average Bonchev–Trinajstić information content (AvgIpc) is 3.20. The van der Waals surface area contributed by atoms with Gasteiger partial charge in [-0.15, -0.1) is 0 Å². The quantitative estimate of drug-likeness (QED) is 0.745. The molecule has 2 aromatic carbocycles. The summed E-state index contributed by atoms with van der Waals surface area (Å²) in [6, 6.07) is 12.3. The van der Waals surface area contributed by atoms with E-state index in [0.29, 0.717) is 18.7 Å². The second-order valence-electron chi connectivity index (χ2n) is 6.42. The fourth-order valence-electron chi connectivity index (χ4n) is 3.02. The molecule has 28 heavy (non-hydrogen) atoms. The van der Waals surface area contributed by atoms with Gasteiger partial charge in [-0.1, -0.05) is 41.9 Å². The topological polar surface area (TPSA) is 107 Å². The Hall–Kier alpha value is -2.42. The predicted molar refractivity (Wildman–Crippen MR) is 103 cm³/mol. The van der Waals surface area contributed by atoms with E-state index in [1.165, 1.54) is 12.1 Å². The second kappa shape index (κ2) is 8.30. The number of sulfonamides is 1. The molecule has 0 spiro atoms. The number of primary sulfonamides is 1. The van der Waals surface area contributed by atoms with E-state index in [9.17, 15) is 18.0 Å². The molecule has 3 rings (SSSR count). The van der Waals surface area contributed by atoms with E-state index in [2.05, 4.69) is 0 Å². The van der Waals surface area contributed by atoms with Crippen molar-refractivity contribution in [2.45, 2.75) is 23.8 Å². The highest BCUT2D eigenvalue weighted by Gasteiger charge is 2.31. The third-order valence-corrected chi connectivity index (χ3v) is 5.84. The van der Waals surface area contributed by atoms with Gasteiger partial charge in [-0.05, 0) is 31.0 Å². The van der Waals surface area contributed by atoms with E-state index in [1.807, 2.05) is 0 Å². The third kappa shape index (κ3) is 4.52. The van der Waals surface area contributed by atoms with Crippen molar-refractivity contribution in [3.05, 3.63) is 64.7 Å². The summed E-state index contributed by atoms with van der Waals surface area (Å²) in [6.45, 7) is 1.21. The predicted octanol–water partition coefficient (Wildman–Crippen LogP) is 2.51. The van der Waals surface area contributed by atoms with Crippen LogP contribution in [0, 0.1) is 0 Å². The average molecular weight is 423 g/mol. The molecule has 7 nitrogen and oxygen atoms in total. The van der Waals surface area contributed by atoms with Gasteiger partial charge >= 0.3 is 5.97 Å². The molecule has 0 bridgehead atoms.